The van der Waals surface area contributed by atoms with Crippen molar-refractivity contribution < 1.29 is 0 Å². The Morgan fingerprint density at radius 3 is 2.92 bits per heavy atom. The van der Waals surface area contributed by atoms with Gasteiger partial charge in [0.05, 0.1) is 0 Å². The van der Waals surface area contributed by atoms with E-state index in [9.17, 15) is 0 Å². The predicted octanol–water partition coefficient (Wildman–Crippen LogP) is 1.80. The molecule has 0 fully saturated rings. The Kier molecular flexibility index (Phi) is 3.24. The van der Waals surface area contributed by atoms with E-state index in [1.54, 1.807) is 17.4 Å². The van der Waals surface area contributed by atoms with Gasteiger partial charge in [-0.05, 0) is 0 Å². The van der Waals surface area contributed by atoms with Gasteiger partial charge in [-0.1, -0.05) is 0 Å². The van der Waals surface area contributed by atoms with Crippen molar-refractivity contribution in [3.8, 4) is 6.07 Å². The van der Waals surface area contributed by atoms with Crippen molar-refractivity contribution in [3.63, 3.8) is 0 Å². The zero-order valence-corrected chi connectivity index (χ0v) is 8.60. The fourth-order valence-corrected chi connectivity index (χ4v) is 1.54. The number of hydrogen-bond acceptors (Lipinski definition) is 3. The number of allylic oxidation sites excluding steroid dienone is 1. The second kappa shape index (κ2) is 4.22. The number of nitrogens with zero attached hydrogens (tertiary/aromatic N) is 1. The third-order valence-electron chi connectivity index (χ3n) is 1.19. The van der Waals surface area contributed by atoms with Gasteiger partial charge < -0.3 is 0 Å². The van der Waals surface area contributed by atoms with E-state index < -0.39 is 0 Å². The van der Waals surface area contributed by atoms with Crippen LogP contribution in [-0.4, -0.2) is 20.6 Å². The third-order valence-corrected chi connectivity index (χ3v) is 2.48. The Balaban J connectivity index is 2.95. The molecule has 0 aromatic carbocycles. The van der Waals surface area contributed by atoms with Crippen LogP contribution >= 0.6 is 11.3 Å². The maximum absolute atomic E-state index is 8.62. The van der Waals surface area contributed by atoms with E-state index >= 15 is 0 Å². The molecule has 2 nitrogen and oxygen atoms in total. The van der Waals surface area contributed by atoms with E-state index in [0.29, 0.717) is 5.57 Å². The minimum absolute atomic E-state index is 0.186. The van der Waals surface area contributed by atoms with Crippen LogP contribution < -0.4 is 0 Å². The molecule has 1 aromatic heterocycles. The Morgan fingerprint density at radius 2 is 2.50 bits per heavy atom. The predicted molar refractivity (Wildman–Crippen MR) is 51.4 cm³/mol. The van der Waals surface area contributed by atoms with E-state index in [0.717, 1.165) is 4.88 Å². The number of hydrogen-bond donors (Lipinski definition) is 1. The van der Waals surface area contributed by atoms with Gasteiger partial charge in [0.1, 0.15) is 0 Å². The van der Waals surface area contributed by atoms with Gasteiger partial charge in [-0.15, -0.1) is 0 Å². The van der Waals surface area contributed by atoms with Crippen molar-refractivity contribution in [1.82, 2.24) is 0 Å². The van der Waals surface area contributed by atoms with Crippen molar-refractivity contribution in [2.24, 2.45) is 0 Å². The van der Waals surface area contributed by atoms with Gasteiger partial charge >= 0.3 is 82.7 Å². The first kappa shape index (κ1) is 9.21. The van der Waals surface area contributed by atoms with Crippen LogP contribution in [0.4, 0.5) is 0 Å². The van der Waals surface area contributed by atoms with Gasteiger partial charge in [0.25, 0.3) is 0 Å². The molecular weight excluding hydrogens is 235 g/mol. The normalized spacial score (nSPS) is 10.8. The molecular formula is C8H5N2SSe. The van der Waals surface area contributed by atoms with E-state index in [1.165, 1.54) is 0 Å². The first-order valence-corrected chi connectivity index (χ1v) is 4.89. The van der Waals surface area contributed by atoms with Crippen molar-refractivity contribution in [3.05, 3.63) is 28.0 Å². The average Bonchev–Trinajstić information content (AvgIpc) is 2.51. The summed E-state index contributed by atoms with van der Waals surface area (Å²) in [6, 6.07) is 5.77. The van der Waals surface area contributed by atoms with E-state index in [4.69, 9.17) is 10.7 Å². The Labute approximate surface area is 82.9 Å². The van der Waals surface area contributed by atoms with Crippen molar-refractivity contribution >= 4 is 38.0 Å². The summed E-state index contributed by atoms with van der Waals surface area (Å²) in [7, 11) is 0. The van der Waals surface area contributed by atoms with Gasteiger partial charge in [-0.25, -0.2) is 0 Å². The fraction of sp³-hybridized carbons (Fsp3) is 0. The van der Waals surface area contributed by atoms with Gasteiger partial charge in [-0.3, -0.25) is 0 Å². The first-order valence-electron chi connectivity index (χ1n) is 3.15. The van der Waals surface area contributed by atoms with Crippen LogP contribution in [-0.2, 0) is 0 Å². The molecule has 1 aromatic rings. The number of thiophene rings is 1. The summed E-state index contributed by atoms with van der Waals surface area (Å²) in [5, 5.41) is 17.8. The second-order valence-corrected chi connectivity index (χ2v) is 3.85. The molecule has 0 spiro atoms. The molecule has 4 heteroatoms. The Bertz CT molecular complexity index is 346. The Morgan fingerprint density at radius 1 is 1.75 bits per heavy atom. The van der Waals surface area contributed by atoms with Crippen LogP contribution in [0.15, 0.2) is 23.1 Å². The topological polar surface area (TPSA) is 47.6 Å². The van der Waals surface area contributed by atoms with Crippen molar-refractivity contribution in [1.29, 1.82) is 10.7 Å². The molecule has 12 heavy (non-hydrogen) atoms. The van der Waals surface area contributed by atoms with Crippen molar-refractivity contribution in [2.75, 3.05) is 0 Å². The third kappa shape index (κ3) is 2.31. The summed E-state index contributed by atoms with van der Waals surface area (Å²) in [4.78, 5) is 0.992. The molecule has 0 unspecified atom stereocenters. The summed E-state index contributed by atoms with van der Waals surface area (Å²) in [5.41, 5.74) is 0.373. The van der Waals surface area contributed by atoms with Gasteiger partial charge in [0.2, 0.25) is 0 Å². The quantitative estimate of drug-likeness (QED) is 0.478. The molecule has 1 N–H and O–H groups in total. The molecule has 0 bridgehead atoms. The molecule has 1 radical (unpaired) electrons. The zero-order valence-electron chi connectivity index (χ0n) is 6.07. The van der Waals surface area contributed by atoms with Gasteiger partial charge in [0.15, 0.2) is 0 Å². The number of rotatable bonds is 2. The summed E-state index contributed by atoms with van der Waals surface area (Å²) in [5.74, 6) is 0. The van der Waals surface area contributed by atoms with E-state index in [-0.39, 0.29) is 4.61 Å². The number of nitrogens with one attached hydrogen (secondary N) is 1. The van der Waals surface area contributed by atoms with Gasteiger partial charge in [-0.2, -0.15) is 0 Å². The number of nitriles is 1. The average molecular weight is 240 g/mol. The summed E-state index contributed by atoms with van der Waals surface area (Å²) in [6.45, 7) is 0. The van der Waals surface area contributed by atoms with Gasteiger partial charge in [0, 0.05) is 0 Å². The summed E-state index contributed by atoms with van der Waals surface area (Å²) >= 11 is 4.05. The molecule has 0 aliphatic heterocycles. The molecule has 0 saturated carbocycles. The summed E-state index contributed by atoms with van der Waals surface area (Å²) in [6.07, 6.45) is 1.70. The standard InChI is InChI=1S/C8H5N2SSe/c9-5-6(8(10)12)4-7-2-1-3-11-7/h1-4,10H. The Hall–Kier alpha value is -0.881. The van der Waals surface area contributed by atoms with Crippen LogP contribution in [0.3, 0.4) is 0 Å². The first-order chi connectivity index (χ1) is 5.74. The molecule has 0 aliphatic carbocycles. The van der Waals surface area contributed by atoms with Crippen LogP contribution in [0.5, 0.6) is 0 Å². The molecule has 0 atom stereocenters. The molecule has 59 valence electrons. The molecule has 1 heterocycles. The van der Waals surface area contributed by atoms with Crippen LogP contribution in [0.25, 0.3) is 6.08 Å². The molecule has 0 saturated heterocycles. The molecule has 0 aliphatic rings. The minimum atomic E-state index is 0.186. The summed E-state index contributed by atoms with van der Waals surface area (Å²) < 4.78 is 0.186. The molecule has 0 amide bonds. The van der Waals surface area contributed by atoms with Crippen molar-refractivity contribution in [2.45, 2.75) is 0 Å². The van der Waals surface area contributed by atoms with Crippen LogP contribution in [0.2, 0.25) is 0 Å². The second-order valence-electron chi connectivity index (χ2n) is 2.01. The fourth-order valence-electron chi connectivity index (χ4n) is 0.664. The van der Waals surface area contributed by atoms with E-state index in [2.05, 4.69) is 16.0 Å². The van der Waals surface area contributed by atoms with Crippen LogP contribution in [0, 0.1) is 16.7 Å². The van der Waals surface area contributed by atoms with Crippen LogP contribution in [0.1, 0.15) is 4.88 Å². The SMILES string of the molecule is N#CC(=Cc1cccs1)C(=N)[Se]. The maximum atomic E-state index is 8.62. The van der Waals surface area contributed by atoms with E-state index in [1.807, 2.05) is 23.6 Å². The zero-order chi connectivity index (χ0) is 8.97. The monoisotopic (exact) mass is 241 g/mol. The molecule has 1 rings (SSSR count).